The van der Waals surface area contributed by atoms with Gasteiger partial charge in [0, 0.05) is 6.54 Å². The number of hydrogen-bond acceptors (Lipinski definition) is 5. The molecule has 2 aromatic carbocycles. The zero-order valence-electron chi connectivity index (χ0n) is 19.1. The molecular formula is C26H30N2O5. The molecule has 0 aromatic heterocycles. The fraction of sp³-hybridized carbons (Fsp3) is 0.423. The number of carbonyl (C=O) groups excluding carboxylic acids is 1. The SMILES string of the molecule is Cc1ccccc1Oc1ccc(CC(=O)N2CCCC2C2=NC(CC(C)C(=O)O)CO2)cc1. The van der Waals surface area contributed by atoms with Crippen molar-refractivity contribution >= 4 is 17.8 Å². The van der Waals surface area contributed by atoms with Crippen molar-refractivity contribution in [1.29, 1.82) is 0 Å². The molecule has 0 saturated carbocycles. The number of benzene rings is 2. The molecule has 0 spiro atoms. The molecule has 1 N–H and O–H groups in total. The van der Waals surface area contributed by atoms with Gasteiger partial charge in [-0.05, 0) is 55.5 Å². The van der Waals surface area contributed by atoms with Crippen LogP contribution in [0.3, 0.4) is 0 Å². The van der Waals surface area contributed by atoms with Crippen LogP contribution in [0.5, 0.6) is 11.5 Å². The number of nitrogens with zero attached hydrogens (tertiary/aromatic N) is 2. The standard InChI is InChI=1S/C26H30N2O5/c1-17-6-3-4-8-23(17)33-21-11-9-19(10-12-21)15-24(29)28-13-5-7-22(28)25-27-20(16-32-25)14-18(2)26(30)31/h3-4,6,8-12,18,20,22H,5,7,13-16H2,1-2H3,(H,30,31). The average Bonchev–Trinajstić information content (AvgIpc) is 3.46. The number of rotatable bonds is 8. The minimum Gasteiger partial charge on any atom is -0.481 e. The van der Waals surface area contributed by atoms with Gasteiger partial charge in [0.05, 0.1) is 18.4 Å². The predicted molar refractivity (Wildman–Crippen MR) is 125 cm³/mol. The van der Waals surface area contributed by atoms with Gasteiger partial charge >= 0.3 is 5.97 Å². The van der Waals surface area contributed by atoms with Gasteiger partial charge in [0.25, 0.3) is 0 Å². The van der Waals surface area contributed by atoms with E-state index in [1.807, 2.05) is 60.4 Å². The summed E-state index contributed by atoms with van der Waals surface area (Å²) < 4.78 is 11.7. The molecule has 7 nitrogen and oxygen atoms in total. The van der Waals surface area contributed by atoms with Gasteiger partial charge in [0.2, 0.25) is 11.8 Å². The second-order valence-corrected chi connectivity index (χ2v) is 8.84. The van der Waals surface area contributed by atoms with Gasteiger partial charge in [-0.25, -0.2) is 4.99 Å². The highest BCUT2D eigenvalue weighted by Gasteiger charge is 2.37. The molecule has 2 aliphatic heterocycles. The van der Waals surface area contributed by atoms with Crippen molar-refractivity contribution in [3.05, 3.63) is 59.7 Å². The van der Waals surface area contributed by atoms with Gasteiger partial charge in [-0.3, -0.25) is 9.59 Å². The topological polar surface area (TPSA) is 88.4 Å². The molecule has 33 heavy (non-hydrogen) atoms. The summed E-state index contributed by atoms with van der Waals surface area (Å²) >= 11 is 0. The van der Waals surface area contributed by atoms with E-state index < -0.39 is 11.9 Å². The molecule has 1 amide bonds. The van der Waals surface area contributed by atoms with Crippen LogP contribution in [-0.4, -0.2) is 53.0 Å². The van der Waals surface area contributed by atoms with E-state index in [-0.39, 0.29) is 18.0 Å². The number of amides is 1. The zero-order chi connectivity index (χ0) is 23.4. The first-order valence-corrected chi connectivity index (χ1v) is 11.5. The third-order valence-electron chi connectivity index (χ3n) is 6.24. The number of aliphatic carboxylic acids is 1. The summed E-state index contributed by atoms with van der Waals surface area (Å²) in [6, 6.07) is 15.1. The van der Waals surface area contributed by atoms with Gasteiger partial charge in [0.1, 0.15) is 24.1 Å². The highest BCUT2D eigenvalue weighted by Crippen LogP contribution is 2.27. The molecule has 2 aromatic rings. The minimum absolute atomic E-state index is 0.0405. The van der Waals surface area contributed by atoms with E-state index >= 15 is 0 Å². The first-order chi connectivity index (χ1) is 15.9. The number of aryl methyl sites for hydroxylation is 1. The second kappa shape index (κ2) is 10.1. The van der Waals surface area contributed by atoms with Crippen molar-refractivity contribution < 1.29 is 24.2 Å². The minimum atomic E-state index is -0.827. The van der Waals surface area contributed by atoms with Crippen LogP contribution in [0.25, 0.3) is 0 Å². The summed E-state index contributed by atoms with van der Waals surface area (Å²) in [5.41, 5.74) is 1.98. The smallest absolute Gasteiger partial charge is 0.306 e. The quantitative estimate of drug-likeness (QED) is 0.650. The zero-order valence-corrected chi connectivity index (χ0v) is 19.1. The van der Waals surface area contributed by atoms with Gasteiger partial charge in [-0.15, -0.1) is 0 Å². The Bertz CT molecular complexity index is 1030. The van der Waals surface area contributed by atoms with Crippen molar-refractivity contribution in [1.82, 2.24) is 4.90 Å². The maximum Gasteiger partial charge on any atom is 0.306 e. The first-order valence-electron chi connectivity index (χ1n) is 11.5. The lowest BCUT2D eigenvalue weighted by molar-refractivity contribution is -0.141. The van der Waals surface area contributed by atoms with Crippen LogP contribution in [0.15, 0.2) is 53.5 Å². The summed E-state index contributed by atoms with van der Waals surface area (Å²) in [5, 5.41) is 9.13. The summed E-state index contributed by atoms with van der Waals surface area (Å²) in [4.78, 5) is 30.6. The lowest BCUT2D eigenvalue weighted by Gasteiger charge is -2.24. The van der Waals surface area contributed by atoms with Crippen LogP contribution in [0.2, 0.25) is 0 Å². The lowest BCUT2D eigenvalue weighted by atomic mass is 10.0. The Kier molecular flexibility index (Phi) is 6.96. The Morgan fingerprint density at radius 2 is 1.97 bits per heavy atom. The Balaban J connectivity index is 1.36. The Morgan fingerprint density at radius 1 is 1.21 bits per heavy atom. The molecule has 0 aliphatic carbocycles. The Labute approximate surface area is 194 Å². The summed E-state index contributed by atoms with van der Waals surface area (Å²) in [7, 11) is 0. The highest BCUT2D eigenvalue weighted by molar-refractivity contribution is 5.90. The van der Waals surface area contributed by atoms with Crippen molar-refractivity contribution in [2.75, 3.05) is 13.2 Å². The van der Waals surface area contributed by atoms with Crippen LogP contribution < -0.4 is 4.74 Å². The summed E-state index contributed by atoms with van der Waals surface area (Å²) in [5.74, 6) is 0.862. The van der Waals surface area contributed by atoms with Crippen molar-refractivity contribution in [2.45, 2.75) is 51.6 Å². The normalized spacial score (nSPS) is 20.8. The lowest BCUT2D eigenvalue weighted by Crippen LogP contribution is -2.41. The van der Waals surface area contributed by atoms with Crippen LogP contribution in [0.4, 0.5) is 0 Å². The number of ether oxygens (including phenoxy) is 2. The molecule has 1 fully saturated rings. The van der Waals surface area contributed by atoms with Crippen molar-refractivity contribution in [3.8, 4) is 11.5 Å². The van der Waals surface area contributed by atoms with E-state index in [9.17, 15) is 9.59 Å². The number of carbonyl (C=O) groups is 2. The molecule has 1 saturated heterocycles. The monoisotopic (exact) mass is 450 g/mol. The van der Waals surface area contributed by atoms with Gasteiger partial charge in [-0.1, -0.05) is 37.3 Å². The second-order valence-electron chi connectivity index (χ2n) is 8.84. The predicted octanol–water partition coefficient (Wildman–Crippen LogP) is 4.23. The van der Waals surface area contributed by atoms with Crippen LogP contribution >= 0.6 is 0 Å². The van der Waals surface area contributed by atoms with Crippen molar-refractivity contribution in [3.63, 3.8) is 0 Å². The molecular weight excluding hydrogens is 420 g/mol. The van der Waals surface area contributed by atoms with Crippen molar-refractivity contribution in [2.24, 2.45) is 10.9 Å². The van der Waals surface area contributed by atoms with Gasteiger partial charge < -0.3 is 19.5 Å². The average molecular weight is 451 g/mol. The number of carboxylic acid groups (broad SMARTS) is 1. The number of likely N-dealkylation sites (tertiary alicyclic amines) is 1. The van der Waals surface area contributed by atoms with Gasteiger partial charge in [0.15, 0.2) is 0 Å². The van der Waals surface area contributed by atoms with E-state index in [1.54, 1.807) is 6.92 Å². The Morgan fingerprint density at radius 3 is 2.70 bits per heavy atom. The molecule has 7 heteroatoms. The first kappa shape index (κ1) is 22.8. The van der Waals surface area contributed by atoms with Crippen LogP contribution in [0, 0.1) is 12.8 Å². The van der Waals surface area contributed by atoms with E-state index in [0.717, 1.165) is 35.5 Å². The Hall–Kier alpha value is -3.35. The largest absolute Gasteiger partial charge is 0.481 e. The van der Waals surface area contributed by atoms with E-state index in [1.165, 1.54) is 0 Å². The maximum atomic E-state index is 13.1. The van der Waals surface area contributed by atoms with Gasteiger partial charge in [-0.2, -0.15) is 0 Å². The van der Waals surface area contributed by atoms with Crippen LogP contribution in [0.1, 0.15) is 37.3 Å². The summed E-state index contributed by atoms with van der Waals surface area (Å²) in [6.45, 7) is 4.74. The molecule has 3 atom stereocenters. The van der Waals surface area contributed by atoms with E-state index in [4.69, 9.17) is 14.6 Å². The molecule has 0 bridgehead atoms. The summed E-state index contributed by atoms with van der Waals surface area (Å²) in [6.07, 6.45) is 2.46. The fourth-order valence-electron chi connectivity index (χ4n) is 4.32. The van der Waals surface area contributed by atoms with E-state index in [2.05, 4.69) is 4.99 Å². The molecule has 4 rings (SSSR count). The molecule has 2 aliphatic rings. The third-order valence-corrected chi connectivity index (χ3v) is 6.24. The highest BCUT2D eigenvalue weighted by atomic mass is 16.5. The number of aliphatic imine (C=N–C) groups is 1. The number of para-hydroxylation sites is 1. The fourth-order valence-corrected chi connectivity index (χ4v) is 4.32. The molecule has 2 heterocycles. The molecule has 174 valence electrons. The maximum absolute atomic E-state index is 13.1. The number of hydrogen-bond donors (Lipinski definition) is 1. The van der Waals surface area contributed by atoms with Crippen LogP contribution in [-0.2, 0) is 20.7 Å². The number of carboxylic acids is 1. The molecule has 0 radical (unpaired) electrons. The van der Waals surface area contributed by atoms with E-state index in [0.29, 0.717) is 31.9 Å². The third kappa shape index (κ3) is 5.53. The molecule has 3 unspecified atom stereocenters.